The Morgan fingerprint density at radius 1 is 1.07 bits per heavy atom. The summed E-state index contributed by atoms with van der Waals surface area (Å²) in [6.45, 7) is 2.28. The molecule has 0 spiro atoms. The van der Waals surface area contributed by atoms with E-state index in [-0.39, 0.29) is 18.4 Å². The lowest BCUT2D eigenvalue weighted by atomic mass is 10.1. The lowest BCUT2D eigenvalue weighted by Crippen LogP contribution is -2.28. The standard InChI is InChI=1S/C22H21ClN2O3/c23-19-7-8-20-17(12-19)11-18(14-28-20)21(26)24-13-15-3-5-16(6-4-15)22(27)25-9-1-2-10-25/h3-8,11-12H,1-2,9-10,13-14H2,(H,24,26). The van der Waals surface area contributed by atoms with Gasteiger partial charge in [0, 0.05) is 35.8 Å². The van der Waals surface area contributed by atoms with Crippen LogP contribution in [0.4, 0.5) is 0 Å². The molecule has 0 aliphatic carbocycles. The number of rotatable bonds is 4. The number of nitrogens with zero attached hydrogens (tertiary/aromatic N) is 1. The molecule has 6 heteroatoms. The van der Waals surface area contributed by atoms with E-state index in [9.17, 15) is 9.59 Å². The summed E-state index contributed by atoms with van der Waals surface area (Å²) in [6.07, 6.45) is 3.95. The van der Waals surface area contributed by atoms with Crippen LogP contribution in [0.25, 0.3) is 6.08 Å². The highest BCUT2D eigenvalue weighted by Gasteiger charge is 2.20. The number of hydrogen-bond acceptors (Lipinski definition) is 3. The Bertz CT molecular complexity index is 931. The maximum Gasteiger partial charge on any atom is 0.253 e. The van der Waals surface area contributed by atoms with Crippen molar-refractivity contribution in [3.05, 3.63) is 69.8 Å². The molecule has 28 heavy (non-hydrogen) atoms. The maximum absolute atomic E-state index is 12.5. The molecule has 2 aliphatic heterocycles. The van der Waals surface area contributed by atoms with Gasteiger partial charge >= 0.3 is 0 Å². The number of carbonyl (C=O) groups excluding carboxylic acids is 2. The Hall–Kier alpha value is -2.79. The second-order valence-electron chi connectivity index (χ2n) is 7.02. The van der Waals surface area contributed by atoms with E-state index in [1.54, 1.807) is 24.3 Å². The van der Waals surface area contributed by atoms with Crippen LogP contribution in [-0.4, -0.2) is 36.4 Å². The van der Waals surface area contributed by atoms with E-state index < -0.39 is 0 Å². The number of likely N-dealkylation sites (tertiary alicyclic amines) is 1. The second-order valence-corrected chi connectivity index (χ2v) is 7.46. The van der Waals surface area contributed by atoms with Crippen LogP contribution >= 0.6 is 11.6 Å². The van der Waals surface area contributed by atoms with E-state index in [0.717, 1.165) is 42.8 Å². The van der Waals surface area contributed by atoms with Crippen molar-refractivity contribution in [2.24, 2.45) is 0 Å². The van der Waals surface area contributed by atoms with E-state index in [4.69, 9.17) is 16.3 Å². The average molecular weight is 397 g/mol. The van der Waals surface area contributed by atoms with Crippen molar-refractivity contribution in [2.45, 2.75) is 19.4 Å². The van der Waals surface area contributed by atoms with Gasteiger partial charge in [-0.25, -0.2) is 0 Å². The van der Waals surface area contributed by atoms with Crippen LogP contribution in [0.3, 0.4) is 0 Å². The fourth-order valence-corrected chi connectivity index (χ4v) is 3.62. The molecule has 2 aromatic rings. The van der Waals surface area contributed by atoms with Crippen molar-refractivity contribution in [1.82, 2.24) is 10.2 Å². The maximum atomic E-state index is 12.5. The molecule has 2 aliphatic rings. The number of carbonyl (C=O) groups is 2. The lowest BCUT2D eigenvalue weighted by molar-refractivity contribution is -0.117. The van der Waals surface area contributed by atoms with E-state index in [1.807, 2.05) is 29.2 Å². The molecule has 4 rings (SSSR count). The summed E-state index contributed by atoms with van der Waals surface area (Å²) in [7, 11) is 0. The zero-order chi connectivity index (χ0) is 19.5. The first-order valence-electron chi connectivity index (χ1n) is 9.39. The smallest absolute Gasteiger partial charge is 0.253 e. The van der Waals surface area contributed by atoms with Crippen molar-refractivity contribution in [2.75, 3.05) is 19.7 Å². The average Bonchev–Trinajstić information content (AvgIpc) is 3.26. The number of ether oxygens (including phenoxy) is 1. The number of halogens is 1. The molecule has 0 atom stereocenters. The van der Waals surface area contributed by atoms with Crippen LogP contribution in [0.2, 0.25) is 5.02 Å². The van der Waals surface area contributed by atoms with Crippen LogP contribution in [0.15, 0.2) is 48.0 Å². The molecule has 2 heterocycles. The van der Waals surface area contributed by atoms with Gasteiger partial charge in [-0.05, 0) is 54.8 Å². The van der Waals surface area contributed by atoms with Crippen molar-refractivity contribution in [1.29, 1.82) is 0 Å². The number of benzene rings is 2. The Morgan fingerprint density at radius 3 is 2.57 bits per heavy atom. The van der Waals surface area contributed by atoms with Gasteiger partial charge in [0.2, 0.25) is 0 Å². The molecule has 0 radical (unpaired) electrons. The zero-order valence-electron chi connectivity index (χ0n) is 15.4. The van der Waals surface area contributed by atoms with E-state index in [2.05, 4.69) is 5.32 Å². The molecule has 0 unspecified atom stereocenters. The Kier molecular flexibility index (Phi) is 5.35. The first-order chi connectivity index (χ1) is 13.6. The van der Waals surface area contributed by atoms with Gasteiger partial charge in [-0.2, -0.15) is 0 Å². The summed E-state index contributed by atoms with van der Waals surface area (Å²) in [5, 5.41) is 3.50. The predicted octanol–water partition coefficient (Wildman–Crippen LogP) is 3.67. The fraction of sp³-hybridized carbons (Fsp3) is 0.273. The first kappa shape index (κ1) is 18.6. The molecule has 144 valence electrons. The normalized spacial score (nSPS) is 15.5. The predicted molar refractivity (Wildman–Crippen MR) is 108 cm³/mol. The van der Waals surface area contributed by atoms with E-state index in [0.29, 0.717) is 22.7 Å². The largest absolute Gasteiger partial charge is 0.488 e. The van der Waals surface area contributed by atoms with Crippen molar-refractivity contribution < 1.29 is 14.3 Å². The van der Waals surface area contributed by atoms with Gasteiger partial charge in [0.05, 0.1) is 5.57 Å². The van der Waals surface area contributed by atoms with Crippen molar-refractivity contribution >= 4 is 29.5 Å². The molecule has 2 amide bonds. The summed E-state index contributed by atoms with van der Waals surface area (Å²) in [5.41, 5.74) is 2.98. The van der Waals surface area contributed by atoms with Crippen LogP contribution in [0, 0.1) is 0 Å². The van der Waals surface area contributed by atoms with Gasteiger partial charge in [0.25, 0.3) is 11.8 Å². The van der Waals surface area contributed by atoms with Crippen LogP contribution in [-0.2, 0) is 11.3 Å². The SMILES string of the molecule is O=C(NCc1ccc(C(=O)N2CCCC2)cc1)C1=Cc2cc(Cl)ccc2OC1. The third-order valence-electron chi connectivity index (χ3n) is 5.02. The van der Waals surface area contributed by atoms with Gasteiger partial charge in [-0.15, -0.1) is 0 Å². The molecule has 0 bridgehead atoms. The molecular weight excluding hydrogens is 376 g/mol. The van der Waals surface area contributed by atoms with Gasteiger partial charge < -0.3 is 15.0 Å². The van der Waals surface area contributed by atoms with Crippen molar-refractivity contribution in [3.8, 4) is 5.75 Å². The summed E-state index contributed by atoms with van der Waals surface area (Å²) in [4.78, 5) is 26.7. The minimum atomic E-state index is -0.178. The van der Waals surface area contributed by atoms with Gasteiger partial charge in [-0.1, -0.05) is 23.7 Å². The number of nitrogens with one attached hydrogen (secondary N) is 1. The molecule has 5 nitrogen and oxygen atoms in total. The molecule has 1 fully saturated rings. The van der Waals surface area contributed by atoms with Gasteiger partial charge in [0.15, 0.2) is 0 Å². The topological polar surface area (TPSA) is 58.6 Å². The van der Waals surface area contributed by atoms with E-state index in [1.165, 1.54) is 0 Å². The molecule has 0 aromatic heterocycles. The minimum absolute atomic E-state index is 0.0786. The highest BCUT2D eigenvalue weighted by molar-refractivity contribution is 6.30. The van der Waals surface area contributed by atoms with Crippen LogP contribution in [0.1, 0.15) is 34.3 Å². The van der Waals surface area contributed by atoms with E-state index >= 15 is 0 Å². The molecular formula is C22H21ClN2O3. The zero-order valence-corrected chi connectivity index (χ0v) is 16.2. The quantitative estimate of drug-likeness (QED) is 0.857. The minimum Gasteiger partial charge on any atom is -0.488 e. The number of hydrogen-bond donors (Lipinski definition) is 1. The number of amides is 2. The number of fused-ring (bicyclic) bond motifs is 1. The summed E-state index contributed by atoms with van der Waals surface area (Å²) in [5.74, 6) is 0.622. The molecule has 2 aromatic carbocycles. The Balaban J connectivity index is 1.36. The van der Waals surface area contributed by atoms with Crippen molar-refractivity contribution in [3.63, 3.8) is 0 Å². The first-order valence-corrected chi connectivity index (χ1v) is 9.77. The second kappa shape index (κ2) is 8.07. The highest BCUT2D eigenvalue weighted by atomic mass is 35.5. The molecule has 1 N–H and O–H groups in total. The Morgan fingerprint density at radius 2 is 1.82 bits per heavy atom. The molecule has 0 saturated carbocycles. The fourth-order valence-electron chi connectivity index (χ4n) is 3.44. The third kappa shape index (κ3) is 4.04. The van der Waals surface area contributed by atoms with Crippen LogP contribution < -0.4 is 10.1 Å². The summed E-state index contributed by atoms with van der Waals surface area (Å²) >= 11 is 6.01. The lowest BCUT2D eigenvalue weighted by Gasteiger charge is -2.18. The van der Waals surface area contributed by atoms with Gasteiger partial charge in [0.1, 0.15) is 12.4 Å². The summed E-state index contributed by atoms with van der Waals surface area (Å²) in [6, 6.07) is 12.7. The summed E-state index contributed by atoms with van der Waals surface area (Å²) < 4.78 is 5.63. The monoisotopic (exact) mass is 396 g/mol. The third-order valence-corrected chi connectivity index (χ3v) is 5.26. The highest BCUT2D eigenvalue weighted by Crippen LogP contribution is 2.29. The van der Waals surface area contributed by atoms with Gasteiger partial charge in [-0.3, -0.25) is 9.59 Å². The Labute approximate surface area is 168 Å². The van der Waals surface area contributed by atoms with Crippen LogP contribution in [0.5, 0.6) is 5.75 Å². The molecule has 1 saturated heterocycles.